The lowest BCUT2D eigenvalue weighted by Crippen LogP contribution is -2.38. The summed E-state index contributed by atoms with van der Waals surface area (Å²) in [6.45, 7) is 8.51. The Labute approximate surface area is 163 Å². The van der Waals surface area contributed by atoms with E-state index in [1.54, 1.807) is 26.0 Å². The van der Waals surface area contributed by atoms with Crippen molar-refractivity contribution >= 4 is 25.7 Å². The highest BCUT2D eigenvalue weighted by Crippen LogP contribution is 2.31. The molecule has 0 aromatic heterocycles. The Hall–Kier alpha value is -1.16. The number of nitrogens with zero attached hydrogens (tertiary/aromatic N) is 1. The highest BCUT2D eigenvalue weighted by atomic mass is 32.2. The summed E-state index contributed by atoms with van der Waals surface area (Å²) in [7, 11) is -7.00. The minimum atomic E-state index is -3.66. The Kier molecular flexibility index (Phi) is 7.29. The van der Waals surface area contributed by atoms with E-state index < -0.39 is 20.0 Å². The maximum Gasteiger partial charge on any atom is 0.240 e. The van der Waals surface area contributed by atoms with Gasteiger partial charge in [0.05, 0.1) is 22.4 Å². The number of nitrogens with one attached hydrogen (secondary N) is 1. The molecule has 0 unspecified atom stereocenters. The number of ether oxygens (including phenoxy) is 1. The number of benzene rings is 1. The van der Waals surface area contributed by atoms with E-state index in [-0.39, 0.29) is 23.3 Å². The number of rotatable bonds is 8. The second kappa shape index (κ2) is 8.89. The maximum atomic E-state index is 12.6. The second-order valence-corrected chi connectivity index (χ2v) is 10.9. The van der Waals surface area contributed by atoms with E-state index in [1.807, 2.05) is 13.8 Å². The molecule has 27 heavy (non-hydrogen) atoms. The lowest BCUT2D eigenvalue weighted by molar-refractivity contribution is 0.0778. The van der Waals surface area contributed by atoms with Gasteiger partial charge >= 0.3 is 0 Å². The summed E-state index contributed by atoms with van der Waals surface area (Å²) in [6, 6.07) is 3.22. The Bertz CT molecular complexity index is 864. The third-order valence-electron chi connectivity index (χ3n) is 4.47. The molecule has 1 N–H and O–H groups in total. The van der Waals surface area contributed by atoms with Crippen LogP contribution in [0.5, 0.6) is 0 Å². The fourth-order valence-corrected chi connectivity index (χ4v) is 6.14. The molecule has 1 aromatic carbocycles. The number of anilines is 1. The lowest BCUT2D eigenvalue weighted by Gasteiger charge is -2.30. The van der Waals surface area contributed by atoms with E-state index in [9.17, 15) is 16.8 Å². The fourth-order valence-electron chi connectivity index (χ4n) is 3.07. The van der Waals surface area contributed by atoms with Crippen molar-refractivity contribution < 1.29 is 21.6 Å². The molecule has 1 heterocycles. The summed E-state index contributed by atoms with van der Waals surface area (Å²) in [5.41, 5.74) is 1.73. The van der Waals surface area contributed by atoms with Crippen LogP contribution < -0.4 is 9.03 Å². The number of hydrogen-bond donors (Lipinski definition) is 1. The van der Waals surface area contributed by atoms with Crippen LogP contribution in [0.1, 0.15) is 44.2 Å². The van der Waals surface area contributed by atoms with Crippen LogP contribution in [0.3, 0.4) is 0 Å². The lowest BCUT2D eigenvalue weighted by atomic mass is 10.1. The molecule has 1 aliphatic heterocycles. The molecule has 0 spiro atoms. The summed E-state index contributed by atoms with van der Waals surface area (Å²) in [5, 5.41) is 0. The summed E-state index contributed by atoms with van der Waals surface area (Å²) in [4.78, 5) is 0.183. The van der Waals surface area contributed by atoms with E-state index in [1.165, 1.54) is 4.31 Å². The molecule has 1 fully saturated rings. The number of hydrogen-bond acceptors (Lipinski definition) is 5. The van der Waals surface area contributed by atoms with Gasteiger partial charge in [0.1, 0.15) is 0 Å². The molecule has 1 saturated heterocycles. The van der Waals surface area contributed by atoms with Crippen LogP contribution >= 0.6 is 0 Å². The first-order valence-corrected chi connectivity index (χ1v) is 12.4. The van der Waals surface area contributed by atoms with Crippen molar-refractivity contribution in [2.24, 2.45) is 0 Å². The van der Waals surface area contributed by atoms with Crippen molar-refractivity contribution in [3.8, 4) is 0 Å². The Balaban J connectivity index is 2.18. The van der Waals surface area contributed by atoms with Crippen molar-refractivity contribution in [3.05, 3.63) is 23.3 Å². The van der Waals surface area contributed by atoms with Crippen LogP contribution in [-0.2, 0) is 24.8 Å². The van der Waals surface area contributed by atoms with E-state index in [4.69, 9.17) is 4.74 Å². The number of aryl methyl sites for hydroxylation is 2. The minimum Gasteiger partial charge on any atom is -0.379 e. The van der Waals surface area contributed by atoms with Crippen molar-refractivity contribution in [2.75, 3.05) is 29.8 Å². The van der Waals surface area contributed by atoms with Crippen LogP contribution in [0.2, 0.25) is 0 Å². The second-order valence-electron chi connectivity index (χ2n) is 7.17. The zero-order valence-electron chi connectivity index (χ0n) is 16.5. The van der Waals surface area contributed by atoms with Gasteiger partial charge in [-0.1, -0.05) is 0 Å². The van der Waals surface area contributed by atoms with Gasteiger partial charge in [-0.3, -0.25) is 4.31 Å². The Morgan fingerprint density at radius 1 is 1.19 bits per heavy atom. The number of sulfonamides is 2. The predicted molar refractivity (Wildman–Crippen MR) is 107 cm³/mol. The first-order chi connectivity index (χ1) is 12.5. The summed E-state index contributed by atoms with van der Waals surface area (Å²) in [6.07, 6.45) is 2.16. The third-order valence-corrected chi connectivity index (χ3v) is 7.92. The molecule has 2 rings (SSSR count). The molecule has 0 saturated carbocycles. The quantitative estimate of drug-likeness (QED) is 0.654. The van der Waals surface area contributed by atoms with E-state index in [0.29, 0.717) is 42.8 Å². The van der Waals surface area contributed by atoms with Gasteiger partial charge in [0, 0.05) is 19.7 Å². The molecular weight excluding hydrogens is 388 g/mol. The van der Waals surface area contributed by atoms with Crippen molar-refractivity contribution in [2.45, 2.75) is 58.0 Å². The average molecular weight is 419 g/mol. The van der Waals surface area contributed by atoms with Gasteiger partial charge in [0.15, 0.2) is 0 Å². The predicted octanol–water partition coefficient (Wildman–Crippen LogP) is 2.33. The van der Waals surface area contributed by atoms with E-state index in [2.05, 4.69) is 4.72 Å². The van der Waals surface area contributed by atoms with E-state index in [0.717, 1.165) is 6.42 Å². The Morgan fingerprint density at radius 3 is 2.52 bits per heavy atom. The maximum absolute atomic E-state index is 12.6. The van der Waals surface area contributed by atoms with Gasteiger partial charge in [-0.15, -0.1) is 0 Å². The summed E-state index contributed by atoms with van der Waals surface area (Å²) in [5.74, 6) is 0.130. The standard InChI is InChI=1S/C18H30N2O5S2/c1-14(2)25-10-7-8-19-27(23,24)18-13-15(3)17(12-16(18)4)20-9-5-6-11-26(20,21)22/h12-14,19H,5-11H2,1-4H3. The van der Waals surface area contributed by atoms with E-state index >= 15 is 0 Å². The van der Waals surface area contributed by atoms with Gasteiger partial charge in [0.2, 0.25) is 20.0 Å². The molecule has 1 aromatic rings. The van der Waals surface area contributed by atoms with Crippen LogP contribution in [0.15, 0.2) is 17.0 Å². The van der Waals surface area contributed by atoms with Gasteiger partial charge in [-0.2, -0.15) is 0 Å². The first kappa shape index (κ1) is 22.1. The molecule has 9 heteroatoms. The highest BCUT2D eigenvalue weighted by Gasteiger charge is 2.28. The third kappa shape index (κ3) is 5.66. The molecule has 154 valence electrons. The summed E-state index contributed by atoms with van der Waals surface area (Å²) < 4.78 is 59.4. The van der Waals surface area contributed by atoms with Crippen molar-refractivity contribution in [3.63, 3.8) is 0 Å². The zero-order valence-corrected chi connectivity index (χ0v) is 18.1. The molecule has 0 atom stereocenters. The summed E-state index contributed by atoms with van der Waals surface area (Å²) >= 11 is 0. The minimum absolute atomic E-state index is 0.116. The van der Waals surface area contributed by atoms with Crippen LogP contribution in [-0.4, -0.2) is 48.4 Å². The monoisotopic (exact) mass is 418 g/mol. The van der Waals surface area contributed by atoms with Crippen LogP contribution in [0, 0.1) is 13.8 Å². The van der Waals surface area contributed by atoms with Crippen molar-refractivity contribution in [1.29, 1.82) is 0 Å². The largest absolute Gasteiger partial charge is 0.379 e. The molecule has 0 radical (unpaired) electrons. The molecule has 1 aliphatic rings. The molecule has 0 bridgehead atoms. The first-order valence-electron chi connectivity index (χ1n) is 9.27. The van der Waals surface area contributed by atoms with Gasteiger partial charge in [-0.25, -0.2) is 21.6 Å². The molecule has 0 aliphatic carbocycles. The zero-order chi connectivity index (χ0) is 20.2. The van der Waals surface area contributed by atoms with Gasteiger partial charge < -0.3 is 4.74 Å². The Morgan fingerprint density at radius 2 is 1.89 bits per heavy atom. The molecule has 7 nitrogen and oxygen atoms in total. The smallest absolute Gasteiger partial charge is 0.240 e. The van der Waals surface area contributed by atoms with Crippen molar-refractivity contribution in [1.82, 2.24) is 4.72 Å². The van der Waals surface area contributed by atoms with Gasteiger partial charge in [0.25, 0.3) is 0 Å². The SMILES string of the molecule is Cc1cc(S(=O)(=O)NCCCOC(C)C)c(C)cc1N1CCCCS1(=O)=O. The highest BCUT2D eigenvalue weighted by molar-refractivity contribution is 7.92. The average Bonchev–Trinajstić information content (AvgIpc) is 2.55. The fraction of sp³-hybridized carbons (Fsp3) is 0.667. The van der Waals surface area contributed by atoms with Gasteiger partial charge in [-0.05, 0) is 70.2 Å². The van der Waals surface area contributed by atoms with Crippen LogP contribution in [0.4, 0.5) is 5.69 Å². The molecule has 0 amide bonds. The topological polar surface area (TPSA) is 92.8 Å². The van der Waals surface area contributed by atoms with Crippen LogP contribution in [0.25, 0.3) is 0 Å². The normalized spacial score (nSPS) is 17.4. The molecular formula is C18H30N2O5S2.